The van der Waals surface area contributed by atoms with Gasteiger partial charge in [0.15, 0.2) is 16.9 Å². The lowest BCUT2D eigenvalue weighted by Crippen LogP contribution is -2.50. The number of benzene rings is 1. The van der Waals surface area contributed by atoms with Crippen molar-refractivity contribution in [1.29, 1.82) is 0 Å². The zero-order valence-corrected chi connectivity index (χ0v) is 20.8. The highest BCUT2D eigenvalue weighted by molar-refractivity contribution is 5.89. The predicted octanol–water partition coefficient (Wildman–Crippen LogP) is 3.71. The Kier molecular flexibility index (Phi) is 8.74. The number of pyridine rings is 1. The van der Waals surface area contributed by atoms with Crippen LogP contribution in [0, 0.1) is 5.41 Å². The molecule has 0 unspecified atom stereocenters. The molecule has 0 bridgehead atoms. The maximum absolute atomic E-state index is 12.6. The number of rotatable bonds is 8. The maximum atomic E-state index is 12.6. The molecule has 2 aliphatic heterocycles. The van der Waals surface area contributed by atoms with Crippen molar-refractivity contribution in [3.8, 4) is 22.8 Å². The largest absolute Gasteiger partial charge is 0.493 e. The fraction of sp³-hybridized carbons (Fsp3) is 0.538. The van der Waals surface area contributed by atoms with Gasteiger partial charge in [-0.1, -0.05) is 20.3 Å². The molecule has 3 heterocycles. The summed E-state index contributed by atoms with van der Waals surface area (Å²) in [5.41, 5.74) is 2.24. The summed E-state index contributed by atoms with van der Waals surface area (Å²) in [6.45, 7) is 9.07. The van der Waals surface area contributed by atoms with Crippen molar-refractivity contribution in [2.75, 3.05) is 47.3 Å². The van der Waals surface area contributed by atoms with Crippen LogP contribution in [0.4, 0.5) is 0 Å². The Morgan fingerprint density at radius 3 is 2.41 bits per heavy atom. The molecule has 1 aromatic heterocycles. The van der Waals surface area contributed by atoms with Crippen LogP contribution in [0.3, 0.4) is 0 Å². The van der Waals surface area contributed by atoms with Crippen molar-refractivity contribution in [3.05, 3.63) is 45.7 Å². The first-order chi connectivity index (χ1) is 16.4. The molecule has 8 heteroatoms. The van der Waals surface area contributed by atoms with Gasteiger partial charge in [0.05, 0.1) is 44.6 Å². The Hall–Kier alpha value is -2.84. The molecule has 0 atom stereocenters. The molecule has 0 saturated carbocycles. The molecule has 0 aliphatic carbocycles. The molecule has 0 radical (unpaired) electrons. The number of esters is 1. The summed E-state index contributed by atoms with van der Waals surface area (Å²) in [7, 11) is 3.26. The standard InChI is InChI=1S/C23H27NO7.C3H8/c1-4-30-22(26)17-10-24-6-5-15-7-21(31-14-23(11-27-2)12-29-13-23)20(28-3)8-16(15)18(24)9-19(17)25;1-3-2/h7-10H,4-6,11-14H2,1-3H3;3H2,1-2H3. The third-order valence-electron chi connectivity index (χ3n) is 5.71. The van der Waals surface area contributed by atoms with Gasteiger partial charge in [-0.15, -0.1) is 0 Å². The van der Waals surface area contributed by atoms with E-state index in [1.165, 1.54) is 12.5 Å². The molecular formula is C26H35NO7. The van der Waals surface area contributed by atoms with Crippen LogP contribution in [0.15, 0.2) is 29.2 Å². The zero-order valence-electron chi connectivity index (χ0n) is 20.8. The second kappa shape index (κ2) is 11.5. The van der Waals surface area contributed by atoms with Gasteiger partial charge >= 0.3 is 5.97 Å². The highest BCUT2D eigenvalue weighted by atomic mass is 16.5. The van der Waals surface area contributed by atoms with Gasteiger partial charge in [0, 0.05) is 31.5 Å². The second-order valence-corrected chi connectivity index (χ2v) is 8.68. The fourth-order valence-corrected chi connectivity index (χ4v) is 4.05. The number of carbonyl (C=O) groups excluding carboxylic acids is 1. The van der Waals surface area contributed by atoms with E-state index >= 15 is 0 Å². The molecule has 8 nitrogen and oxygen atoms in total. The minimum absolute atomic E-state index is 0.0483. The number of aryl methyl sites for hydroxylation is 2. The fourth-order valence-electron chi connectivity index (χ4n) is 4.05. The van der Waals surface area contributed by atoms with Gasteiger partial charge in [-0.05, 0) is 31.0 Å². The van der Waals surface area contributed by atoms with E-state index in [1.54, 1.807) is 27.3 Å². The maximum Gasteiger partial charge on any atom is 0.343 e. The van der Waals surface area contributed by atoms with Gasteiger partial charge in [0.2, 0.25) is 0 Å². The van der Waals surface area contributed by atoms with E-state index < -0.39 is 5.97 Å². The summed E-state index contributed by atoms with van der Waals surface area (Å²) in [4.78, 5) is 24.6. The van der Waals surface area contributed by atoms with Crippen molar-refractivity contribution in [1.82, 2.24) is 4.57 Å². The number of methoxy groups -OCH3 is 2. The normalized spacial score (nSPS) is 15.1. The molecule has 1 fully saturated rings. The van der Waals surface area contributed by atoms with E-state index in [0.29, 0.717) is 44.5 Å². The van der Waals surface area contributed by atoms with E-state index in [9.17, 15) is 9.59 Å². The Labute approximate surface area is 200 Å². The number of fused-ring (bicyclic) bond motifs is 3. The number of nitrogens with zero attached hydrogens (tertiary/aromatic N) is 1. The Morgan fingerprint density at radius 2 is 1.82 bits per heavy atom. The monoisotopic (exact) mass is 473 g/mol. The number of hydrogen-bond acceptors (Lipinski definition) is 7. The van der Waals surface area contributed by atoms with Crippen molar-refractivity contribution in [3.63, 3.8) is 0 Å². The highest BCUT2D eigenvalue weighted by Gasteiger charge is 2.40. The Balaban J connectivity index is 0.00000103. The number of carbonyl (C=O) groups is 1. The van der Waals surface area contributed by atoms with E-state index in [1.807, 2.05) is 16.7 Å². The topological polar surface area (TPSA) is 85.2 Å². The third-order valence-corrected chi connectivity index (χ3v) is 5.71. The van der Waals surface area contributed by atoms with E-state index in [2.05, 4.69) is 13.8 Å². The van der Waals surface area contributed by atoms with Gasteiger partial charge < -0.3 is 28.3 Å². The first-order valence-electron chi connectivity index (χ1n) is 11.7. The highest BCUT2D eigenvalue weighted by Crippen LogP contribution is 2.39. The first-order valence-corrected chi connectivity index (χ1v) is 11.7. The smallest absolute Gasteiger partial charge is 0.343 e. The van der Waals surface area contributed by atoms with Crippen LogP contribution in [-0.4, -0.2) is 57.8 Å². The van der Waals surface area contributed by atoms with Crippen LogP contribution >= 0.6 is 0 Å². The minimum atomic E-state index is -0.597. The third kappa shape index (κ3) is 5.45. The quantitative estimate of drug-likeness (QED) is 0.540. The van der Waals surface area contributed by atoms with Crippen LogP contribution in [0.5, 0.6) is 11.5 Å². The Morgan fingerprint density at radius 1 is 1.09 bits per heavy atom. The molecule has 0 spiro atoms. The lowest BCUT2D eigenvalue weighted by molar-refractivity contribution is -0.159. The lowest BCUT2D eigenvalue weighted by Gasteiger charge is -2.40. The van der Waals surface area contributed by atoms with Crippen molar-refractivity contribution < 1.29 is 28.5 Å². The van der Waals surface area contributed by atoms with Crippen LogP contribution in [0.1, 0.15) is 43.1 Å². The second-order valence-electron chi connectivity index (χ2n) is 8.68. The van der Waals surface area contributed by atoms with Gasteiger partial charge in [0.25, 0.3) is 0 Å². The van der Waals surface area contributed by atoms with Crippen molar-refractivity contribution >= 4 is 5.97 Å². The van der Waals surface area contributed by atoms with Crippen LogP contribution < -0.4 is 14.9 Å². The average molecular weight is 474 g/mol. The summed E-state index contributed by atoms with van der Waals surface area (Å²) in [6.07, 6.45) is 3.57. The van der Waals surface area contributed by atoms with Gasteiger partial charge in [0.1, 0.15) is 12.2 Å². The molecule has 1 saturated heterocycles. The van der Waals surface area contributed by atoms with Gasteiger partial charge in [-0.25, -0.2) is 4.79 Å². The number of hydrogen-bond donors (Lipinski definition) is 0. The van der Waals surface area contributed by atoms with Gasteiger partial charge in [-0.3, -0.25) is 4.79 Å². The van der Waals surface area contributed by atoms with Crippen LogP contribution in [-0.2, 0) is 27.2 Å². The molecule has 4 rings (SSSR count). The van der Waals surface area contributed by atoms with E-state index in [-0.39, 0.29) is 23.0 Å². The average Bonchev–Trinajstić information content (AvgIpc) is 2.80. The first kappa shape index (κ1) is 25.8. The number of ether oxygens (including phenoxy) is 5. The zero-order chi connectivity index (χ0) is 24.7. The van der Waals surface area contributed by atoms with E-state index in [0.717, 1.165) is 23.2 Å². The van der Waals surface area contributed by atoms with Crippen LogP contribution in [0.25, 0.3) is 11.3 Å². The van der Waals surface area contributed by atoms with Crippen molar-refractivity contribution in [2.45, 2.75) is 40.2 Å². The lowest BCUT2D eigenvalue weighted by atomic mass is 9.88. The minimum Gasteiger partial charge on any atom is -0.493 e. The molecular weight excluding hydrogens is 438 g/mol. The molecule has 186 valence electrons. The molecule has 2 aromatic rings. The summed E-state index contributed by atoms with van der Waals surface area (Å²) >= 11 is 0. The van der Waals surface area contributed by atoms with E-state index in [4.69, 9.17) is 23.7 Å². The van der Waals surface area contributed by atoms with Gasteiger partial charge in [-0.2, -0.15) is 0 Å². The van der Waals surface area contributed by atoms with Crippen LogP contribution in [0.2, 0.25) is 0 Å². The molecule has 0 amide bonds. The molecule has 2 aliphatic rings. The summed E-state index contributed by atoms with van der Waals surface area (Å²) in [6, 6.07) is 5.35. The SMILES string of the molecule is CCC.CCOC(=O)c1cn2c(cc1=O)-c1cc(OC)c(OCC3(COC)COC3)cc1CC2. The van der Waals surface area contributed by atoms with Crippen molar-refractivity contribution in [2.24, 2.45) is 5.41 Å². The summed E-state index contributed by atoms with van der Waals surface area (Å²) in [5, 5.41) is 0. The molecule has 1 aromatic carbocycles. The number of aromatic nitrogens is 1. The molecule has 0 N–H and O–H groups in total. The molecule has 34 heavy (non-hydrogen) atoms. The summed E-state index contributed by atoms with van der Waals surface area (Å²) in [5.74, 6) is 0.643. The Bertz CT molecular complexity index is 1060. The summed E-state index contributed by atoms with van der Waals surface area (Å²) < 4.78 is 29.3. The predicted molar refractivity (Wildman–Crippen MR) is 129 cm³/mol.